The zero-order chi connectivity index (χ0) is 20.4. The SMILES string of the molecule is Cc1cccc(NC(=O)c2nc(C(=O)NC3CCCCC3)c3ccccn23)c1C. The highest BCUT2D eigenvalue weighted by Gasteiger charge is 2.24. The lowest BCUT2D eigenvalue weighted by Gasteiger charge is -2.22. The normalized spacial score (nSPS) is 14.7. The second kappa shape index (κ2) is 8.07. The molecule has 1 aromatic carbocycles. The van der Waals surface area contributed by atoms with Crippen LogP contribution in [-0.2, 0) is 0 Å². The number of carbonyl (C=O) groups is 2. The van der Waals surface area contributed by atoms with Crippen LogP contribution in [0.25, 0.3) is 5.52 Å². The highest BCUT2D eigenvalue weighted by molar-refractivity contribution is 6.06. The first-order chi connectivity index (χ1) is 14.0. The molecule has 0 aliphatic heterocycles. The Bertz CT molecular complexity index is 1060. The average Bonchev–Trinajstić information content (AvgIpc) is 3.12. The Morgan fingerprint density at radius 1 is 1.00 bits per heavy atom. The summed E-state index contributed by atoms with van der Waals surface area (Å²) in [4.78, 5) is 30.3. The molecule has 2 amide bonds. The molecule has 1 aliphatic carbocycles. The second-order valence-electron chi connectivity index (χ2n) is 7.75. The first-order valence-corrected chi connectivity index (χ1v) is 10.2. The minimum atomic E-state index is -0.336. The van der Waals surface area contributed by atoms with E-state index in [1.54, 1.807) is 10.6 Å². The summed E-state index contributed by atoms with van der Waals surface area (Å²) in [6, 6.07) is 11.5. The largest absolute Gasteiger partial charge is 0.348 e. The third-order valence-corrected chi connectivity index (χ3v) is 5.76. The van der Waals surface area contributed by atoms with Crippen LogP contribution < -0.4 is 10.6 Å². The van der Waals surface area contributed by atoms with Gasteiger partial charge >= 0.3 is 0 Å². The number of rotatable bonds is 4. The molecule has 1 fully saturated rings. The second-order valence-corrected chi connectivity index (χ2v) is 7.75. The third kappa shape index (κ3) is 3.88. The molecule has 2 N–H and O–H groups in total. The quantitative estimate of drug-likeness (QED) is 0.699. The third-order valence-electron chi connectivity index (χ3n) is 5.76. The molecule has 2 heterocycles. The van der Waals surface area contributed by atoms with Crippen molar-refractivity contribution in [2.75, 3.05) is 5.32 Å². The van der Waals surface area contributed by atoms with E-state index in [-0.39, 0.29) is 23.7 Å². The predicted molar refractivity (Wildman–Crippen MR) is 113 cm³/mol. The van der Waals surface area contributed by atoms with E-state index in [0.29, 0.717) is 11.2 Å². The fourth-order valence-electron chi connectivity index (χ4n) is 3.93. The van der Waals surface area contributed by atoms with Gasteiger partial charge in [0.25, 0.3) is 11.8 Å². The zero-order valence-corrected chi connectivity index (χ0v) is 16.9. The number of aryl methyl sites for hydroxylation is 1. The smallest absolute Gasteiger partial charge is 0.292 e. The van der Waals surface area contributed by atoms with E-state index >= 15 is 0 Å². The van der Waals surface area contributed by atoms with Gasteiger partial charge in [0.2, 0.25) is 5.82 Å². The predicted octanol–water partition coefficient (Wildman–Crippen LogP) is 4.27. The minimum Gasteiger partial charge on any atom is -0.348 e. The summed E-state index contributed by atoms with van der Waals surface area (Å²) >= 11 is 0. The molecule has 29 heavy (non-hydrogen) atoms. The molecule has 3 aromatic rings. The lowest BCUT2D eigenvalue weighted by molar-refractivity contribution is 0.0925. The average molecular weight is 390 g/mol. The summed E-state index contributed by atoms with van der Waals surface area (Å²) in [7, 11) is 0. The van der Waals surface area contributed by atoms with Crippen LogP contribution in [-0.4, -0.2) is 27.2 Å². The minimum absolute atomic E-state index is 0.184. The van der Waals surface area contributed by atoms with E-state index in [4.69, 9.17) is 0 Å². The van der Waals surface area contributed by atoms with Crippen LogP contribution in [0.2, 0.25) is 0 Å². The van der Waals surface area contributed by atoms with Gasteiger partial charge in [0.15, 0.2) is 5.69 Å². The van der Waals surface area contributed by atoms with Crippen molar-refractivity contribution in [3.63, 3.8) is 0 Å². The van der Waals surface area contributed by atoms with Crippen molar-refractivity contribution in [1.29, 1.82) is 0 Å². The van der Waals surface area contributed by atoms with Crippen molar-refractivity contribution >= 4 is 23.0 Å². The molecule has 1 aliphatic rings. The molecule has 6 nitrogen and oxygen atoms in total. The van der Waals surface area contributed by atoms with Gasteiger partial charge in [0.05, 0.1) is 5.52 Å². The molecule has 2 aromatic heterocycles. The number of carbonyl (C=O) groups excluding carboxylic acids is 2. The summed E-state index contributed by atoms with van der Waals surface area (Å²) in [5.41, 5.74) is 3.78. The topological polar surface area (TPSA) is 75.5 Å². The Morgan fingerprint density at radius 2 is 1.79 bits per heavy atom. The number of imidazole rings is 1. The Labute approximate surface area is 170 Å². The van der Waals surface area contributed by atoms with Gasteiger partial charge in [-0.3, -0.25) is 14.0 Å². The van der Waals surface area contributed by atoms with Crippen molar-refractivity contribution in [2.45, 2.75) is 52.0 Å². The van der Waals surface area contributed by atoms with E-state index in [1.807, 2.05) is 50.2 Å². The van der Waals surface area contributed by atoms with Crippen LogP contribution in [0.4, 0.5) is 5.69 Å². The van der Waals surface area contributed by atoms with Crippen molar-refractivity contribution in [3.05, 3.63) is 65.2 Å². The highest BCUT2D eigenvalue weighted by atomic mass is 16.2. The summed E-state index contributed by atoms with van der Waals surface area (Å²) in [5.74, 6) is -0.349. The molecule has 0 atom stereocenters. The molecule has 0 radical (unpaired) electrons. The number of amides is 2. The number of hydrogen-bond acceptors (Lipinski definition) is 3. The van der Waals surface area contributed by atoms with Crippen LogP contribution in [0.1, 0.15) is 64.3 Å². The van der Waals surface area contributed by atoms with E-state index in [2.05, 4.69) is 15.6 Å². The molecule has 4 rings (SSSR count). The molecule has 6 heteroatoms. The van der Waals surface area contributed by atoms with Gasteiger partial charge in [-0.05, 0) is 56.0 Å². The molecule has 0 bridgehead atoms. The number of hydrogen-bond donors (Lipinski definition) is 2. The molecule has 0 saturated heterocycles. The molecular weight excluding hydrogens is 364 g/mol. The van der Waals surface area contributed by atoms with E-state index < -0.39 is 0 Å². The maximum absolute atomic E-state index is 13.0. The maximum atomic E-state index is 13.0. The van der Waals surface area contributed by atoms with Crippen LogP contribution in [0.3, 0.4) is 0 Å². The van der Waals surface area contributed by atoms with E-state index in [0.717, 1.165) is 42.5 Å². The van der Waals surface area contributed by atoms with Gasteiger partial charge in [-0.15, -0.1) is 0 Å². The van der Waals surface area contributed by atoms with Gasteiger partial charge in [-0.2, -0.15) is 0 Å². The number of nitrogens with zero attached hydrogens (tertiary/aromatic N) is 2. The summed E-state index contributed by atoms with van der Waals surface area (Å²) < 4.78 is 1.68. The monoisotopic (exact) mass is 390 g/mol. The molecule has 0 unspecified atom stereocenters. The van der Waals surface area contributed by atoms with Crippen molar-refractivity contribution in [2.24, 2.45) is 0 Å². The van der Waals surface area contributed by atoms with Gasteiger partial charge in [-0.25, -0.2) is 4.98 Å². The number of anilines is 1. The standard InChI is InChI=1S/C23H26N4O2/c1-15-9-8-12-18(16(15)2)25-23(29)21-26-20(19-13-6-7-14-27(19)21)22(28)24-17-10-4-3-5-11-17/h6-9,12-14,17H,3-5,10-11H2,1-2H3,(H,24,28)(H,25,29). The maximum Gasteiger partial charge on any atom is 0.292 e. The number of fused-ring (bicyclic) bond motifs is 1. The van der Waals surface area contributed by atoms with E-state index in [9.17, 15) is 9.59 Å². The lowest BCUT2D eigenvalue weighted by atomic mass is 9.95. The number of aromatic nitrogens is 2. The fourth-order valence-corrected chi connectivity index (χ4v) is 3.93. The Hall–Kier alpha value is -3.15. The Balaban J connectivity index is 1.64. The number of pyridine rings is 1. The van der Waals surface area contributed by atoms with Crippen LogP contribution in [0.5, 0.6) is 0 Å². The fraction of sp³-hybridized carbons (Fsp3) is 0.348. The van der Waals surface area contributed by atoms with Crippen LogP contribution >= 0.6 is 0 Å². The molecule has 150 valence electrons. The van der Waals surface area contributed by atoms with Gasteiger partial charge in [0, 0.05) is 17.9 Å². The molecule has 1 saturated carbocycles. The summed E-state index contributed by atoms with van der Waals surface area (Å²) in [6.07, 6.45) is 7.26. The number of nitrogens with one attached hydrogen (secondary N) is 2. The lowest BCUT2D eigenvalue weighted by Crippen LogP contribution is -2.36. The first-order valence-electron chi connectivity index (χ1n) is 10.2. The first kappa shape index (κ1) is 19.2. The number of benzene rings is 1. The van der Waals surface area contributed by atoms with Crippen LogP contribution in [0, 0.1) is 13.8 Å². The zero-order valence-electron chi connectivity index (χ0n) is 16.9. The van der Waals surface area contributed by atoms with Crippen molar-refractivity contribution in [1.82, 2.24) is 14.7 Å². The molecular formula is C23H26N4O2. The van der Waals surface area contributed by atoms with Gasteiger partial charge in [0.1, 0.15) is 0 Å². The van der Waals surface area contributed by atoms with Crippen molar-refractivity contribution in [3.8, 4) is 0 Å². The Morgan fingerprint density at radius 3 is 2.59 bits per heavy atom. The van der Waals surface area contributed by atoms with E-state index in [1.165, 1.54) is 6.42 Å². The van der Waals surface area contributed by atoms with Gasteiger partial charge < -0.3 is 10.6 Å². The van der Waals surface area contributed by atoms with Crippen molar-refractivity contribution < 1.29 is 9.59 Å². The Kier molecular flexibility index (Phi) is 5.34. The van der Waals surface area contributed by atoms with Gasteiger partial charge in [-0.1, -0.05) is 37.5 Å². The summed E-state index contributed by atoms with van der Waals surface area (Å²) in [6.45, 7) is 3.97. The van der Waals surface area contributed by atoms with Crippen LogP contribution in [0.15, 0.2) is 42.6 Å². The highest BCUT2D eigenvalue weighted by Crippen LogP contribution is 2.21. The summed E-state index contributed by atoms with van der Waals surface area (Å²) in [5, 5.41) is 6.04. The molecule has 0 spiro atoms.